The summed E-state index contributed by atoms with van der Waals surface area (Å²) in [5, 5.41) is 0. The van der Waals surface area contributed by atoms with Crippen LogP contribution in [0.25, 0.3) is 0 Å². The monoisotopic (exact) mass is 350 g/mol. The lowest BCUT2D eigenvalue weighted by atomic mass is 9.83. The Kier molecular flexibility index (Phi) is 6.52. The lowest BCUT2D eigenvalue weighted by Gasteiger charge is -2.25. The van der Waals surface area contributed by atoms with E-state index in [9.17, 15) is 12.8 Å². The van der Waals surface area contributed by atoms with Crippen LogP contribution in [0.15, 0.2) is 59.5 Å². The highest BCUT2D eigenvalue weighted by Crippen LogP contribution is 2.31. The molecular weight excluding hydrogens is 327 g/mol. The van der Waals surface area contributed by atoms with Gasteiger partial charge in [-0.1, -0.05) is 50.6 Å². The smallest absolute Gasteiger partial charge is 0.266 e. The first-order valence-electron chi connectivity index (χ1n) is 8.17. The first kappa shape index (κ1) is 18.6. The second-order valence-electron chi connectivity index (χ2n) is 5.79. The molecule has 130 valence electrons. The van der Waals surface area contributed by atoms with Crippen LogP contribution in [0.5, 0.6) is 0 Å². The van der Waals surface area contributed by atoms with Gasteiger partial charge < -0.3 is 0 Å². The molecule has 2 atom stereocenters. The van der Waals surface area contributed by atoms with Crippen LogP contribution in [-0.4, -0.2) is 15.0 Å². The SMILES string of the molecule is CC[C@@H](COS(=O)(=O)c1ccccc1)[C@@H](CC)c1ccc(F)cc1. The summed E-state index contributed by atoms with van der Waals surface area (Å²) < 4.78 is 43.0. The van der Waals surface area contributed by atoms with Gasteiger partial charge in [0.15, 0.2) is 0 Å². The Hall–Kier alpha value is -1.72. The average molecular weight is 350 g/mol. The zero-order chi connectivity index (χ0) is 17.6. The van der Waals surface area contributed by atoms with Gasteiger partial charge in [0.2, 0.25) is 0 Å². The lowest BCUT2D eigenvalue weighted by Crippen LogP contribution is -2.20. The topological polar surface area (TPSA) is 43.4 Å². The molecule has 0 amide bonds. The van der Waals surface area contributed by atoms with Crippen LogP contribution >= 0.6 is 0 Å². The standard InChI is InChI=1S/C19H23FO3S/c1-3-15(19(4-2)16-10-12-17(20)13-11-16)14-23-24(21,22)18-8-6-5-7-9-18/h5-13,15,19H,3-4,14H2,1-2H3/t15-,19+/m0/s1. The Bertz CT molecular complexity index is 727. The van der Waals surface area contributed by atoms with Crippen molar-refractivity contribution in [2.45, 2.75) is 37.5 Å². The molecule has 2 aromatic rings. The summed E-state index contributed by atoms with van der Waals surface area (Å²) in [5.41, 5.74) is 1.01. The molecule has 0 N–H and O–H groups in total. The van der Waals surface area contributed by atoms with Gasteiger partial charge in [0.05, 0.1) is 11.5 Å². The van der Waals surface area contributed by atoms with E-state index in [1.165, 1.54) is 24.3 Å². The molecule has 0 unspecified atom stereocenters. The highest BCUT2D eigenvalue weighted by atomic mass is 32.2. The molecule has 5 heteroatoms. The van der Waals surface area contributed by atoms with Crippen molar-refractivity contribution in [1.29, 1.82) is 0 Å². The molecule has 0 aromatic heterocycles. The quantitative estimate of drug-likeness (QED) is 0.645. The molecular formula is C19H23FO3S. The van der Waals surface area contributed by atoms with Crippen LogP contribution in [-0.2, 0) is 14.3 Å². The van der Waals surface area contributed by atoms with Gasteiger partial charge in [0.25, 0.3) is 10.1 Å². The molecule has 0 bridgehead atoms. The van der Waals surface area contributed by atoms with Crippen LogP contribution in [0.2, 0.25) is 0 Å². The van der Waals surface area contributed by atoms with Crippen LogP contribution in [0.4, 0.5) is 4.39 Å². The fraction of sp³-hybridized carbons (Fsp3) is 0.368. The number of hydrogen-bond donors (Lipinski definition) is 0. The second-order valence-corrected chi connectivity index (χ2v) is 7.40. The molecule has 24 heavy (non-hydrogen) atoms. The summed E-state index contributed by atoms with van der Waals surface area (Å²) >= 11 is 0. The summed E-state index contributed by atoms with van der Waals surface area (Å²) in [5.74, 6) is -0.106. The van der Waals surface area contributed by atoms with Gasteiger partial charge in [-0.05, 0) is 48.1 Å². The third kappa shape index (κ3) is 4.65. The Morgan fingerprint density at radius 3 is 2.12 bits per heavy atom. The molecule has 0 aliphatic rings. The normalized spacial score (nSPS) is 14.3. The van der Waals surface area contributed by atoms with Gasteiger partial charge in [0, 0.05) is 0 Å². The Labute approximate surface area is 143 Å². The van der Waals surface area contributed by atoms with Crippen molar-refractivity contribution in [1.82, 2.24) is 0 Å². The van der Waals surface area contributed by atoms with E-state index < -0.39 is 10.1 Å². The molecule has 0 saturated heterocycles. The lowest BCUT2D eigenvalue weighted by molar-refractivity contribution is 0.222. The number of rotatable bonds is 8. The third-order valence-corrected chi connectivity index (χ3v) is 5.60. The van der Waals surface area contributed by atoms with Crippen LogP contribution in [0.3, 0.4) is 0 Å². The second kappa shape index (κ2) is 8.40. The van der Waals surface area contributed by atoms with Crippen LogP contribution in [0.1, 0.15) is 38.2 Å². The fourth-order valence-corrected chi connectivity index (χ4v) is 3.88. The van der Waals surface area contributed by atoms with Gasteiger partial charge in [0.1, 0.15) is 5.82 Å². The largest absolute Gasteiger partial charge is 0.296 e. The summed E-state index contributed by atoms with van der Waals surface area (Å²) in [6.45, 7) is 4.17. The van der Waals surface area contributed by atoms with Crippen molar-refractivity contribution < 1.29 is 17.0 Å². The van der Waals surface area contributed by atoms with E-state index in [0.29, 0.717) is 0 Å². The highest BCUT2D eigenvalue weighted by Gasteiger charge is 2.24. The predicted octanol–water partition coefficient (Wildman–Crippen LogP) is 4.75. The van der Waals surface area contributed by atoms with E-state index >= 15 is 0 Å². The summed E-state index contributed by atoms with van der Waals surface area (Å²) in [7, 11) is -3.76. The average Bonchev–Trinajstić information content (AvgIpc) is 2.60. The van der Waals surface area contributed by atoms with E-state index in [1.54, 1.807) is 30.3 Å². The summed E-state index contributed by atoms with van der Waals surface area (Å²) in [6, 6.07) is 14.5. The minimum Gasteiger partial charge on any atom is -0.266 e. The van der Waals surface area contributed by atoms with E-state index in [1.807, 2.05) is 13.8 Å². The Morgan fingerprint density at radius 2 is 1.58 bits per heavy atom. The van der Waals surface area contributed by atoms with Gasteiger partial charge >= 0.3 is 0 Å². The zero-order valence-corrected chi connectivity index (χ0v) is 14.8. The van der Waals surface area contributed by atoms with Crippen molar-refractivity contribution in [3.05, 3.63) is 66.0 Å². The summed E-state index contributed by atoms with van der Waals surface area (Å²) in [4.78, 5) is 0.162. The van der Waals surface area contributed by atoms with Crippen molar-refractivity contribution in [2.75, 3.05) is 6.61 Å². The molecule has 0 saturated carbocycles. The van der Waals surface area contributed by atoms with E-state index in [-0.39, 0.29) is 29.2 Å². The molecule has 0 aliphatic carbocycles. The molecule has 3 nitrogen and oxygen atoms in total. The Balaban J connectivity index is 2.11. The fourth-order valence-electron chi connectivity index (χ4n) is 2.90. The molecule has 2 rings (SSSR count). The molecule has 0 fully saturated rings. The maximum absolute atomic E-state index is 13.1. The Morgan fingerprint density at radius 1 is 0.958 bits per heavy atom. The van der Waals surface area contributed by atoms with Gasteiger partial charge in [-0.25, -0.2) is 4.39 Å². The van der Waals surface area contributed by atoms with Gasteiger partial charge in [-0.2, -0.15) is 8.42 Å². The van der Waals surface area contributed by atoms with Crippen molar-refractivity contribution >= 4 is 10.1 Å². The third-order valence-electron chi connectivity index (χ3n) is 4.30. The maximum atomic E-state index is 13.1. The van der Waals surface area contributed by atoms with E-state index in [4.69, 9.17) is 4.18 Å². The number of hydrogen-bond acceptors (Lipinski definition) is 3. The maximum Gasteiger partial charge on any atom is 0.296 e. The molecule has 0 heterocycles. The van der Waals surface area contributed by atoms with Crippen molar-refractivity contribution in [2.24, 2.45) is 5.92 Å². The first-order chi connectivity index (χ1) is 11.5. The molecule has 0 radical (unpaired) electrons. The van der Waals surface area contributed by atoms with E-state index in [2.05, 4.69) is 0 Å². The van der Waals surface area contributed by atoms with Gasteiger partial charge in [-0.15, -0.1) is 0 Å². The van der Waals surface area contributed by atoms with Crippen LogP contribution < -0.4 is 0 Å². The molecule has 2 aromatic carbocycles. The first-order valence-corrected chi connectivity index (χ1v) is 9.58. The summed E-state index contributed by atoms with van der Waals surface area (Å²) in [6.07, 6.45) is 1.61. The minimum absolute atomic E-state index is 0.0407. The van der Waals surface area contributed by atoms with Crippen molar-refractivity contribution in [3.63, 3.8) is 0 Å². The molecule has 0 aliphatic heterocycles. The number of benzene rings is 2. The zero-order valence-electron chi connectivity index (χ0n) is 14.0. The number of halogens is 1. The minimum atomic E-state index is -3.76. The van der Waals surface area contributed by atoms with Crippen LogP contribution in [0, 0.1) is 11.7 Å². The van der Waals surface area contributed by atoms with E-state index in [0.717, 1.165) is 18.4 Å². The molecule has 0 spiro atoms. The predicted molar refractivity (Wildman–Crippen MR) is 92.8 cm³/mol. The highest BCUT2D eigenvalue weighted by molar-refractivity contribution is 7.86. The van der Waals surface area contributed by atoms with Gasteiger partial charge in [-0.3, -0.25) is 4.18 Å². The van der Waals surface area contributed by atoms with Crippen molar-refractivity contribution in [3.8, 4) is 0 Å².